The number of nitrogens with zero attached hydrogens (tertiary/aromatic N) is 3. The lowest BCUT2D eigenvalue weighted by Gasteiger charge is -2.34. The Labute approximate surface area is 206 Å². The SMILES string of the molecule is NC1=N[C@@]2(CO1)c1cc(NC(=O)c3ccc(Cl)cn3)ccc1Oc1cnc(C3CCOCC3)cc12. The number of amidine groups is 1. The summed E-state index contributed by atoms with van der Waals surface area (Å²) in [5.41, 5.74) is 8.47. The fraction of sp³-hybridized carbons (Fsp3) is 0.280. The number of anilines is 1. The fourth-order valence-electron chi connectivity index (χ4n) is 4.78. The van der Waals surface area contributed by atoms with Crippen molar-refractivity contribution >= 4 is 29.2 Å². The van der Waals surface area contributed by atoms with Crippen LogP contribution >= 0.6 is 11.6 Å². The van der Waals surface area contributed by atoms with Crippen molar-refractivity contribution in [1.82, 2.24) is 9.97 Å². The second-order valence-electron chi connectivity index (χ2n) is 8.72. The first-order valence-electron chi connectivity index (χ1n) is 11.3. The van der Waals surface area contributed by atoms with Gasteiger partial charge in [-0.25, -0.2) is 9.98 Å². The number of hydrogen-bond acceptors (Lipinski definition) is 8. The Morgan fingerprint density at radius 2 is 1.89 bits per heavy atom. The molecule has 9 nitrogen and oxygen atoms in total. The average molecular weight is 492 g/mol. The summed E-state index contributed by atoms with van der Waals surface area (Å²) < 4.78 is 17.4. The lowest BCUT2D eigenvalue weighted by molar-refractivity contribution is 0.0844. The van der Waals surface area contributed by atoms with Gasteiger partial charge in [-0.15, -0.1) is 0 Å². The van der Waals surface area contributed by atoms with Crippen LogP contribution < -0.4 is 15.8 Å². The molecule has 1 amide bonds. The molecule has 3 aromatic rings. The molecule has 0 radical (unpaired) electrons. The van der Waals surface area contributed by atoms with E-state index in [0.717, 1.165) is 29.7 Å². The minimum absolute atomic E-state index is 0.105. The maximum absolute atomic E-state index is 12.7. The number of benzene rings is 1. The number of hydrogen-bond donors (Lipinski definition) is 2. The largest absolute Gasteiger partial charge is 0.462 e. The average Bonchev–Trinajstić information content (AvgIpc) is 3.27. The van der Waals surface area contributed by atoms with E-state index < -0.39 is 5.54 Å². The van der Waals surface area contributed by atoms with E-state index in [2.05, 4.69) is 15.3 Å². The van der Waals surface area contributed by atoms with Gasteiger partial charge in [0, 0.05) is 47.8 Å². The molecule has 3 aliphatic rings. The highest BCUT2D eigenvalue weighted by Crippen LogP contribution is 2.51. The first kappa shape index (κ1) is 21.8. The van der Waals surface area contributed by atoms with Crippen molar-refractivity contribution < 1.29 is 19.0 Å². The highest BCUT2D eigenvalue weighted by atomic mass is 35.5. The molecule has 1 fully saturated rings. The van der Waals surface area contributed by atoms with Crippen molar-refractivity contribution in [3.63, 3.8) is 0 Å². The van der Waals surface area contributed by atoms with Crippen LogP contribution in [0.4, 0.5) is 5.69 Å². The van der Waals surface area contributed by atoms with Crippen LogP contribution in [0.25, 0.3) is 0 Å². The summed E-state index contributed by atoms with van der Waals surface area (Å²) in [6.45, 7) is 1.65. The summed E-state index contributed by atoms with van der Waals surface area (Å²) in [7, 11) is 0. The van der Waals surface area contributed by atoms with E-state index in [1.807, 2.05) is 12.1 Å². The number of carbonyl (C=O) groups excluding carboxylic acids is 1. The van der Waals surface area contributed by atoms with E-state index in [0.29, 0.717) is 41.3 Å². The topological polar surface area (TPSA) is 121 Å². The third kappa shape index (κ3) is 3.86. The van der Waals surface area contributed by atoms with Crippen molar-refractivity contribution in [2.45, 2.75) is 24.3 Å². The Balaban J connectivity index is 1.39. The Morgan fingerprint density at radius 1 is 1.06 bits per heavy atom. The molecule has 1 atom stereocenters. The molecule has 178 valence electrons. The molecule has 3 N–H and O–H groups in total. The second-order valence-corrected chi connectivity index (χ2v) is 9.16. The van der Waals surface area contributed by atoms with Crippen molar-refractivity contribution in [2.24, 2.45) is 10.7 Å². The summed E-state index contributed by atoms with van der Waals surface area (Å²) in [4.78, 5) is 26.2. The second kappa shape index (κ2) is 8.51. The first-order chi connectivity index (χ1) is 17.0. The highest BCUT2D eigenvalue weighted by molar-refractivity contribution is 6.30. The normalized spacial score (nSPS) is 20.9. The lowest BCUT2D eigenvalue weighted by atomic mass is 9.80. The van der Waals surface area contributed by atoms with Gasteiger partial charge in [-0.05, 0) is 49.2 Å². The van der Waals surface area contributed by atoms with E-state index in [4.69, 9.17) is 36.5 Å². The Kier molecular flexibility index (Phi) is 5.31. The van der Waals surface area contributed by atoms with Gasteiger partial charge in [0.25, 0.3) is 11.9 Å². The van der Waals surface area contributed by atoms with Crippen LogP contribution in [-0.4, -0.2) is 41.7 Å². The third-order valence-corrected chi connectivity index (χ3v) is 6.79. The van der Waals surface area contributed by atoms with Crippen molar-refractivity contribution in [2.75, 3.05) is 25.1 Å². The molecule has 35 heavy (non-hydrogen) atoms. The lowest BCUT2D eigenvalue weighted by Crippen LogP contribution is -2.32. The molecule has 0 bridgehead atoms. The van der Waals surface area contributed by atoms with Crippen LogP contribution in [0.1, 0.15) is 46.1 Å². The molecule has 5 heterocycles. The number of fused-ring (bicyclic) bond motifs is 4. The van der Waals surface area contributed by atoms with Gasteiger partial charge in [-0.1, -0.05) is 11.6 Å². The van der Waals surface area contributed by atoms with Crippen LogP contribution in [0.3, 0.4) is 0 Å². The quantitative estimate of drug-likeness (QED) is 0.568. The number of halogens is 1. The van der Waals surface area contributed by atoms with Gasteiger partial charge in [0.05, 0.1) is 11.2 Å². The molecule has 2 aromatic heterocycles. The zero-order valence-corrected chi connectivity index (χ0v) is 19.4. The number of pyridine rings is 2. The van der Waals surface area contributed by atoms with Crippen molar-refractivity contribution in [3.05, 3.63) is 76.3 Å². The molecule has 6 rings (SSSR count). The van der Waals surface area contributed by atoms with Gasteiger partial charge in [-0.3, -0.25) is 9.78 Å². The number of nitrogens with two attached hydrogens (primary N) is 1. The summed E-state index contributed by atoms with van der Waals surface area (Å²) >= 11 is 5.89. The van der Waals surface area contributed by atoms with E-state index in [9.17, 15) is 4.79 Å². The minimum atomic E-state index is -0.908. The number of carbonyl (C=O) groups is 1. The first-order valence-corrected chi connectivity index (χ1v) is 11.7. The summed E-state index contributed by atoms with van der Waals surface area (Å²) in [5.74, 6) is 1.15. The molecule has 0 saturated carbocycles. The van der Waals surface area contributed by atoms with E-state index in [-0.39, 0.29) is 24.2 Å². The fourth-order valence-corrected chi connectivity index (χ4v) is 4.89. The third-order valence-electron chi connectivity index (χ3n) is 6.57. The zero-order chi connectivity index (χ0) is 24.0. The van der Waals surface area contributed by atoms with Crippen molar-refractivity contribution in [1.29, 1.82) is 0 Å². The maximum atomic E-state index is 12.7. The number of ether oxygens (including phenoxy) is 3. The number of amides is 1. The molecule has 0 unspecified atom stereocenters. The standard InChI is InChI=1S/C25H22ClN5O4/c26-15-1-3-19(28-11-15)23(32)30-16-2-4-21-17(9-16)25(13-34-24(27)31-25)18-10-20(29-12-22(18)35-21)14-5-7-33-8-6-14/h1-4,9-12,14H,5-8,13H2,(H2,27,31)(H,30,32)/t25-/m0/s1. The number of rotatable bonds is 3. The van der Waals surface area contributed by atoms with E-state index in [1.165, 1.54) is 6.20 Å². The number of nitrogens with one attached hydrogen (secondary N) is 1. The highest BCUT2D eigenvalue weighted by Gasteiger charge is 2.47. The van der Waals surface area contributed by atoms with Gasteiger partial charge >= 0.3 is 0 Å². The summed E-state index contributed by atoms with van der Waals surface area (Å²) in [5, 5.41) is 3.34. The van der Waals surface area contributed by atoms with Crippen LogP contribution in [-0.2, 0) is 15.0 Å². The van der Waals surface area contributed by atoms with Crippen molar-refractivity contribution in [3.8, 4) is 11.5 Å². The van der Waals surface area contributed by atoms with Gasteiger partial charge in [0.1, 0.15) is 18.1 Å². The monoisotopic (exact) mass is 491 g/mol. The zero-order valence-electron chi connectivity index (χ0n) is 18.7. The molecular formula is C25H22ClN5O4. The van der Waals surface area contributed by atoms with Crippen LogP contribution in [0.5, 0.6) is 11.5 Å². The van der Waals surface area contributed by atoms with Crippen LogP contribution in [0.15, 0.2) is 53.8 Å². The molecular weight excluding hydrogens is 470 g/mol. The summed E-state index contributed by atoms with van der Waals surface area (Å²) in [6, 6.07) is 10.7. The van der Waals surface area contributed by atoms with Crippen LogP contribution in [0.2, 0.25) is 5.02 Å². The molecule has 0 aliphatic carbocycles. The Bertz CT molecular complexity index is 1340. The van der Waals surface area contributed by atoms with Gasteiger partial charge in [-0.2, -0.15) is 0 Å². The smallest absolute Gasteiger partial charge is 0.283 e. The van der Waals surface area contributed by atoms with Gasteiger partial charge in [0.15, 0.2) is 11.3 Å². The summed E-state index contributed by atoms with van der Waals surface area (Å²) in [6.07, 6.45) is 5.00. The molecule has 1 saturated heterocycles. The molecule has 1 aromatic carbocycles. The maximum Gasteiger partial charge on any atom is 0.283 e. The Hall–Kier alpha value is -3.69. The number of aliphatic imine (C=N–C) groups is 1. The molecule has 10 heteroatoms. The van der Waals surface area contributed by atoms with E-state index in [1.54, 1.807) is 30.5 Å². The predicted octanol–water partition coefficient (Wildman–Crippen LogP) is 3.97. The predicted molar refractivity (Wildman–Crippen MR) is 129 cm³/mol. The number of aromatic nitrogens is 2. The molecule has 1 spiro atoms. The van der Waals surface area contributed by atoms with Crippen LogP contribution in [0, 0.1) is 0 Å². The molecule has 3 aliphatic heterocycles. The van der Waals surface area contributed by atoms with Gasteiger partial charge in [0.2, 0.25) is 0 Å². The minimum Gasteiger partial charge on any atom is -0.462 e. The van der Waals surface area contributed by atoms with E-state index >= 15 is 0 Å². The van der Waals surface area contributed by atoms with Gasteiger partial charge < -0.3 is 25.3 Å². The Morgan fingerprint density at radius 3 is 2.63 bits per heavy atom.